The molecule has 0 aliphatic heterocycles. The highest BCUT2D eigenvalue weighted by Gasteiger charge is 2.25. The average molecular weight is 606 g/mol. The second kappa shape index (κ2) is 14.2. The second-order valence-corrected chi connectivity index (χ2v) is 11.1. The van der Waals surface area contributed by atoms with E-state index in [2.05, 4.69) is 10.6 Å². The molecule has 1 heterocycles. The van der Waals surface area contributed by atoms with E-state index < -0.39 is 43.1 Å². The molecule has 1 aromatic heterocycles. The van der Waals surface area contributed by atoms with Crippen LogP contribution >= 0.6 is 0 Å². The fraction of sp³-hybridized carbons (Fsp3) is 0.333. The maximum Gasteiger partial charge on any atom is 0.323 e. The monoisotopic (exact) mass is 605 g/mol. The van der Waals surface area contributed by atoms with E-state index in [0.29, 0.717) is 24.9 Å². The fourth-order valence-corrected chi connectivity index (χ4v) is 5.40. The lowest BCUT2D eigenvalue weighted by atomic mass is 9.86. The summed E-state index contributed by atoms with van der Waals surface area (Å²) in [6, 6.07) is 11.0. The van der Waals surface area contributed by atoms with Gasteiger partial charge in [-0.3, -0.25) is 14.6 Å². The largest absolute Gasteiger partial charge is 0.481 e. The molecule has 1 aliphatic carbocycles. The van der Waals surface area contributed by atoms with Crippen molar-refractivity contribution in [3.05, 3.63) is 88.0 Å². The number of amides is 2. The number of pyridine rings is 1. The first kappa shape index (κ1) is 32.3. The number of halogens is 1. The van der Waals surface area contributed by atoms with E-state index in [9.17, 15) is 29.0 Å². The SMILES string of the molecule is CC(C)c1nc2c(c(-c3ccc(F)cc3)c1C=C[C@@H](O)C[C@@H](O)CC(=O)O)Cc1cc(NC(=O)NCC(=O)O)ccc1CC2. The lowest BCUT2D eigenvalue weighted by Gasteiger charge is -2.22. The number of aliphatic hydroxyl groups is 2. The molecule has 0 bridgehead atoms. The third-order valence-corrected chi connectivity index (χ3v) is 7.40. The summed E-state index contributed by atoms with van der Waals surface area (Å²) in [5, 5.41) is 43.4. The normalized spacial score (nSPS) is 14.0. The van der Waals surface area contributed by atoms with Crippen LogP contribution < -0.4 is 10.6 Å². The van der Waals surface area contributed by atoms with E-state index in [-0.39, 0.29) is 18.2 Å². The van der Waals surface area contributed by atoms with Crippen molar-refractivity contribution >= 4 is 29.7 Å². The van der Waals surface area contributed by atoms with Gasteiger partial charge in [0.15, 0.2) is 0 Å². The molecule has 0 radical (unpaired) electrons. The van der Waals surface area contributed by atoms with Crippen LogP contribution in [0.1, 0.15) is 66.2 Å². The number of carbonyl (C=O) groups is 3. The van der Waals surface area contributed by atoms with Crippen molar-refractivity contribution in [3.8, 4) is 11.1 Å². The molecule has 0 unspecified atom stereocenters. The van der Waals surface area contributed by atoms with Crippen LogP contribution in [0.2, 0.25) is 0 Å². The zero-order chi connectivity index (χ0) is 32.0. The van der Waals surface area contributed by atoms with Gasteiger partial charge in [0.1, 0.15) is 12.4 Å². The van der Waals surface area contributed by atoms with Gasteiger partial charge in [0.2, 0.25) is 0 Å². The number of anilines is 1. The summed E-state index contributed by atoms with van der Waals surface area (Å²) in [5.74, 6) is -2.72. The molecule has 4 rings (SSSR count). The van der Waals surface area contributed by atoms with Crippen molar-refractivity contribution in [3.63, 3.8) is 0 Å². The standard InChI is InChI=1S/C33H36FN3O7/c1-18(2)32-26(11-10-24(38)15-25(39)16-29(40)41)31(20-3-7-22(34)8-4-20)27-14-21-13-23(36-33(44)35-17-30(42)43)9-5-19(21)6-12-28(27)37-32/h3-5,7-11,13,18,24-25,38-39H,6,12,14-17H2,1-2H3,(H,40,41)(H,42,43)(H2,35,36,44)/t24-,25-/m1/s1. The Kier molecular flexibility index (Phi) is 10.5. The summed E-state index contributed by atoms with van der Waals surface area (Å²) in [6.45, 7) is 3.50. The number of hydrogen-bond donors (Lipinski definition) is 6. The van der Waals surface area contributed by atoms with Crippen LogP contribution in [0, 0.1) is 5.82 Å². The second-order valence-electron chi connectivity index (χ2n) is 11.1. The molecular formula is C33H36FN3O7. The average Bonchev–Trinajstić information content (AvgIpc) is 3.13. The molecule has 1 aliphatic rings. The Balaban J connectivity index is 1.80. The van der Waals surface area contributed by atoms with E-state index in [0.717, 1.165) is 44.8 Å². The quantitative estimate of drug-likeness (QED) is 0.186. The zero-order valence-electron chi connectivity index (χ0n) is 24.5. The van der Waals surface area contributed by atoms with E-state index in [1.54, 1.807) is 24.3 Å². The molecule has 44 heavy (non-hydrogen) atoms. The van der Waals surface area contributed by atoms with Gasteiger partial charge in [-0.05, 0) is 70.8 Å². The lowest BCUT2D eigenvalue weighted by molar-refractivity contribution is -0.139. The topological polar surface area (TPSA) is 169 Å². The zero-order valence-corrected chi connectivity index (χ0v) is 24.5. The molecule has 3 aromatic rings. The van der Waals surface area contributed by atoms with Crippen LogP contribution in [0.15, 0.2) is 48.5 Å². The number of hydrogen-bond acceptors (Lipinski definition) is 6. The van der Waals surface area contributed by atoms with Crippen molar-refractivity contribution in [2.45, 2.75) is 64.1 Å². The van der Waals surface area contributed by atoms with Crippen LogP contribution in [0.3, 0.4) is 0 Å². The van der Waals surface area contributed by atoms with Gasteiger partial charge in [-0.25, -0.2) is 9.18 Å². The number of benzene rings is 2. The number of nitrogens with one attached hydrogen (secondary N) is 2. The molecule has 11 heteroatoms. The number of aliphatic carboxylic acids is 2. The Morgan fingerprint density at radius 1 is 1.00 bits per heavy atom. The number of rotatable bonds is 11. The summed E-state index contributed by atoms with van der Waals surface area (Å²) in [5.41, 5.74) is 7.36. The van der Waals surface area contributed by atoms with Crippen LogP contribution in [0.4, 0.5) is 14.9 Å². The number of aryl methyl sites for hydroxylation is 2. The minimum absolute atomic E-state index is 0.0142. The van der Waals surface area contributed by atoms with Crippen molar-refractivity contribution < 1.29 is 39.2 Å². The highest BCUT2D eigenvalue weighted by atomic mass is 19.1. The third kappa shape index (κ3) is 8.27. The van der Waals surface area contributed by atoms with Gasteiger partial charge in [-0.15, -0.1) is 0 Å². The molecule has 232 valence electrons. The predicted molar refractivity (Wildman–Crippen MR) is 163 cm³/mol. The van der Waals surface area contributed by atoms with Crippen molar-refractivity contribution in [1.82, 2.24) is 10.3 Å². The van der Waals surface area contributed by atoms with E-state index >= 15 is 0 Å². The van der Waals surface area contributed by atoms with Gasteiger partial charge in [-0.2, -0.15) is 0 Å². The molecule has 0 saturated heterocycles. The highest BCUT2D eigenvalue weighted by Crippen LogP contribution is 2.39. The van der Waals surface area contributed by atoms with Gasteiger partial charge >= 0.3 is 18.0 Å². The smallest absolute Gasteiger partial charge is 0.323 e. The maximum atomic E-state index is 14.0. The first-order valence-corrected chi connectivity index (χ1v) is 14.4. The first-order valence-electron chi connectivity index (χ1n) is 14.4. The molecule has 2 amide bonds. The Labute approximate surface area is 254 Å². The number of aromatic nitrogens is 1. The minimum atomic E-state index is -1.22. The van der Waals surface area contributed by atoms with Crippen LogP contribution in [0.25, 0.3) is 17.2 Å². The number of carboxylic acid groups (broad SMARTS) is 2. The Hall–Kier alpha value is -4.61. The molecule has 2 atom stereocenters. The minimum Gasteiger partial charge on any atom is -0.481 e. The number of nitrogens with zero attached hydrogens (tertiary/aromatic N) is 1. The lowest BCUT2D eigenvalue weighted by Crippen LogP contribution is -2.33. The predicted octanol–water partition coefficient (Wildman–Crippen LogP) is 4.51. The summed E-state index contributed by atoms with van der Waals surface area (Å²) in [7, 11) is 0. The molecular weight excluding hydrogens is 569 g/mol. The molecule has 2 aromatic carbocycles. The fourth-order valence-electron chi connectivity index (χ4n) is 5.40. The highest BCUT2D eigenvalue weighted by molar-refractivity contribution is 5.91. The van der Waals surface area contributed by atoms with E-state index in [4.69, 9.17) is 15.2 Å². The van der Waals surface area contributed by atoms with Crippen LogP contribution in [0.5, 0.6) is 0 Å². The van der Waals surface area contributed by atoms with E-state index in [1.807, 2.05) is 26.0 Å². The van der Waals surface area contributed by atoms with Crippen molar-refractivity contribution in [2.75, 3.05) is 11.9 Å². The first-order chi connectivity index (χ1) is 20.9. The number of aliphatic hydroxyl groups excluding tert-OH is 2. The van der Waals surface area contributed by atoms with Gasteiger partial charge in [0.05, 0.1) is 24.3 Å². The van der Waals surface area contributed by atoms with Crippen molar-refractivity contribution in [2.24, 2.45) is 0 Å². The maximum absolute atomic E-state index is 14.0. The molecule has 0 spiro atoms. The number of fused-ring (bicyclic) bond motifs is 2. The Bertz CT molecular complexity index is 1570. The van der Waals surface area contributed by atoms with Gasteiger partial charge in [-0.1, -0.05) is 44.2 Å². The van der Waals surface area contributed by atoms with Crippen molar-refractivity contribution in [1.29, 1.82) is 0 Å². The number of urea groups is 1. The summed E-state index contributed by atoms with van der Waals surface area (Å²) >= 11 is 0. The molecule has 6 N–H and O–H groups in total. The molecule has 10 nitrogen and oxygen atoms in total. The summed E-state index contributed by atoms with van der Waals surface area (Å²) in [4.78, 5) is 39.1. The Morgan fingerprint density at radius 3 is 2.39 bits per heavy atom. The Morgan fingerprint density at radius 2 is 1.73 bits per heavy atom. The summed E-state index contributed by atoms with van der Waals surface area (Å²) < 4.78 is 14.0. The van der Waals surface area contributed by atoms with Gasteiger partial charge < -0.3 is 31.1 Å². The van der Waals surface area contributed by atoms with Crippen LogP contribution in [-0.4, -0.2) is 62.1 Å². The molecule has 0 fully saturated rings. The van der Waals surface area contributed by atoms with Gasteiger partial charge in [0, 0.05) is 29.8 Å². The number of carboxylic acids is 2. The van der Waals surface area contributed by atoms with Gasteiger partial charge in [0.25, 0.3) is 0 Å². The molecule has 0 saturated carbocycles. The number of carbonyl (C=O) groups excluding carboxylic acids is 1. The van der Waals surface area contributed by atoms with Crippen LogP contribution in [-0.2, 0) is 28.9 Å². The van der Waals surface area contributed by atoms with E-state index in [1.165, 1.54) is 18.2 Å². The summed E-state index contributed by atoms with van der Waals surface area (Å²) in [6.07, 6.45) is 2.03. The third-order valence-electron chi connectivity index (χ3n) is 7.40.